The molecule has 0 unspecified atom stereocenters. The second-order valence-electron chi connectivity index (χ2n) is 5.78. The average Bonchev–Trinajstić information content (AvgIpc) is 3.14. The number of nitrogens with one attached hydrogen (secondary N) is 2. The zero-order chi connectivity index (χ0) is 15.8. The number of aryl methyl sites for hydroxylation is 1. The molecule has 2 rings (SSSR count). The smallest absolute Gasteiger partial charge is 0.293 e. The molecule has 1 aliphatic rings. The molecule has 1 aromatic rings. The van der Waals surface area contributed by atoms with Crippen LogP contribution in [0.5, 0.6) is 0 Å². The van der Waals surface area contributed by atoms with E-state index in [1.807, 2.05) is 6.92 Å². The molecule has 0 saturated heterocycles. The van der Waals surface area contributed by atoms with Crippen LogP contribution in [-0.4, -0.2) is 26.9 Å². The molecule has 0 heterocycles. The van der Waals surface area contributed by atoms with Crippen molar-refractivity contribution in [1.29, 1.82) is 0 Å². The number of nitrogens with zero attached hydrogens (tertiary/aromatic N) is 1. The van der Waals surface area contributed by atoms with Gasteiger partial charge < -0.3 is 5.32 Å². The van der Waals surface area contributed by atoms with Crippen LogP contribution >= 0.6 is 0 Å². The van der Waals surface area contributed by atoms with Crippen LogP contribution in [0.15, 0.2) is 17.0 Å². The first kappa shape index (κ1) is 15.7. The van der Waals surface area contributed by atoms with Crippen LogP contribution in [0.1, 0.15) is 25.3 Å². The Balaban J connectivity index is 2.37. The quantitative estimate of drug-likeness (QED) is 0.618. The van der Waals surface area contributed by atoms with Crippen molar-refractivity contribution in [3.8, 4) is 0 Å². The highest BCUT2D eigenvalue weighted by Gasteiger charge is 2.38. The second kappa shape index (κ2) is 5.27. The van der Waals surface area contributed by atoms with E-state index in [4.69, 9.17) is 0 Å². The minimum absolute atomic E-state index is 0.0256. The number of anilines is 1. The summed E-state index contributed by atoms with van der Waals surface area (Å²) in [4.78, 5) is 10.4. The van der Waals surface area contributed by atoms with Crippen molar-refractivity contribution in [2.75, 3.05) is 18.9 Å². The summed E-state index contributed by atoms with van der Waals surface area (Å²) in [6.07, 6.45) is 1.99. The lowest BCUT2D eigenvalue weighted by molar-refractivity contribution is -0.384. The molecule has 1 aliphatic carbocycles. The van der Waals surface area contributed by atoms with Gasteiger partial charge in [0.2, 0.25) is 10.0 Å². The van der Waals surface area contributed by atoms with Gasteiger partial charge in [-0.25, -0.2) is 13.1 Å². The number of nitro benzene ring substituents is 1. The van der Waals surface area contributed by atoms with Gasteiger partial charge >= 0.3 is 0 Å². The van der Waals surface area contributed by atoms with E-state index in [1.54, 1.807) is 14.0 Å². The van der Waals surface area contributed by atoms with E-state index in [9.17, 15) is 18.5 Å². The SMILES string of the molecule is CNc1cc(C)c(S(=O)(=O)NCC2(C)CC2)cc1[N+](=O)[O-]. The van der Waals surface area contributed by atoms with Crippen LogP contribution in [0.4, 0.5) is 11.4 Å². The molecule has 1 fully saturated rings. The Bertz CT molecular complexity index is 681. The molecule has 0 spiro atoms. The maximum absolute atomic E-state index is 12.3. The molecule has 2 N–H and O–H groups in total. The minimum Gasteiger partial charge on any atom is -0.383 e. The lowest BCUT2D eigenvalue weighted by Gasteiger charge is -2.13. The summed E-state index contributed by atoms with van der Waals surface area (Å²) in [7, 11) is -2.19. The van der Waals surface area contributed by atoms with Gasteiger partial charge in [-0.2, -0.15) is 0 Å². The molecule has 0 amide bonds. The zero-order valence-corrected chi connectivity index (χ0v) is 13.1. The van der Waals surface area contributed by atoms with Crippen LogP contribution in [0, 0.1) is 22.5 Å². The highest BCUT2D eigenvalue weighted by Crippen LogP contribution is 2.44. The lowest BCUT2D eigenvalue weighted by atomic mass is 10.2. The highest BCUT2D eigenvalue weighted by molar-refractivity contribution is 7.89. The molecule has 0 atom stereocenters. The van der Waals surface area contributed by atoms with E-state index in [0.29, 0.717) is 17.8 Å². The van der Waals surface area contributed by atoms with Gasteiger partial charge in [-0.3, -0.25) is 10.1 Å². The van der Waals surface area contributed by atoms with E-state index in [-0.39, 0.29) is 16.0 Å². The molecule has 8 heteroatoms. The fraction of sp³-hybridized carbons (Fsp3) is 0.538. The van der Waals surface area contributed by atoms with Crippen molar-refractivity contribution in [1.82, 2.24) is 4.72 Å². The molecule has 116 valence electrons. The third-order valence-electron chi connectivity index (χ3n) is 3.84. The highest BCUT2D eigenvalue weighted by atomic mass is 32.2. The topological polar surface area (TPSA) is 101 Å². The molecule has 1 saturated carbocycles. The predicted octanol–water partition coefficient (Wildman–Crippen LogP) is 2.02. The van der Waals surface area contributed by atoms with Gasteiger partial charge in [0.1, 0.15) is 5.69 Å². The third-order valence-corrected chi connectivity index (χ3v) is 5.38. The molecular weight excluding hydrogens is 294 g/mol. The predicted molar refractivity (Wildman–Crippen MR) is 79.9 cm³/mol. The Hall–Kier alpha value is -1.67. The fourth-order valence-electron chi connectivity index (χ4n) is 2.06. The lowest BCUT2D eigenvalue weighted by Crippen LogP contribution is -2.29. The van der Waals surface area contributed by atoms with E-state index in [2.05, 4.69) is 10.0 Å². The Morgan fingerprint density at radius 1 is 1.38 bits per heavy atom. The summed E-state index contributed by atoms with van der Waals surface area (Å²) >= 11 is 0. The van der Waals surface area contributed by atoms with Crippen LogP contribution in [0.25, 0.3) is 0 Å². The molecule has 0 radical (unpaired) electrons. The number of hydrogen-bond donors (Lipinski definition) is 2. The Morgan fingerprint density at radius 3 is 2.48 bits per heavy atom. The van der Waals surface area contributed by atoms with Crippen molar-refractivity contribution in [3.05, 3.63) is 27.8 Å². The van der Waals surface area contributed by atoms with Gasteiger partial charge in [0.25, 0.3) is 5.69 Å². The standard InChI is InChI=1S/C13H19N3O4S/c1-9-6-10(14-3)11(16(17)18)7-12(9)21(19,20)15-8-13(2)4-5-13/h6-7,14-15H,4-5,8H2,1-3H3. The van der Waals surface area contributed by atoms with Gasteiger partial charge in [0, 0.05) is 19.7 Å². The molecule has 7 nitrogen and oxygen atoms in total. The van der Waals surface area contributed by atoms with Gasteiger partial charge in [-0.1, -0.05) is 6.92 Å². The maximum Gasteiger partial charge on any atom is 0.293 e. The number of rotatable bonds is 6. The second-order valence-corrected chi connectivity index (χ2v) is 7.51. The number of benzene rings is 1. The fourth-order valence-corrected chi connectivity index (χ4v) is 3.50. The van der Waals surface area contributed by atoms with Crippen molar-refractivity contribution in [2.45, 2.75) is 31.6 Å². The molecule has 0 aromatic heterocycles. The summed E-state index contributed by atoms with van der Waals surface area (Å²) in [5.41, 5.74) is 0.544. The van der Waals surface area contributed by atoms with E-state index < -0.39 is 14.9 Å². The largest absolute Gasteiger partial charge is 0.383 e. The Labute approximate surface area is 123 Å². The zero-order valence-electron chi connectivity index (χ0n) is 12.3. The summed E-state index contributed by atoms with van der Waals surface area (Å²) in [5.74, 6) is 0. The Morgan fingerprint density at radius 2 is 2.00 bits per heavy atom. The van der Waals surface area contributed by atoms with Crippen LogP contribution in [0.2, 0.25) is 0 Å². The first-order valence-corrected chi connectivity index (χ1v) is 8.13. The summed E-state index contributed by atoms with van der Waals surface area (Å²) in [5, 5.41) is 13.8. The number of sulfonamides is 1. The minimum atomic E-state index is -3.75. The van der Waals surface area contributed by atoms with Gasteiger partial charge in [0.05, 0.1) is 9.82 Å². The van der Waals surface area contributed by atoms with Crippen molar-refractivity contribution >= 4 is 21.4 Å². The van der Waals surface area contributed by atoms with E-state index in [0.717, 1.165) is 18.9 Å². The first-order chi connectivity index (χ1) is 9.68. The number of nitro groups is 1. The van der Waals surface area contributed by atoms with Crippen molar-refractivity contribution < 1.29 is 13.3 Å². The van der Waals surface area contributed by atoms with E-state index in [1.165, 1.54) is 6.07 Å². The van der Waals surface area contributed by atoms with E-state index >= 15 is 0 Å². The average molecular weight is 313 g/mol. The third kappa shape index (κ3) is 3.33. The van der Waals surface area contributed by atoms with Crippen LogP contribution < -0.4 is 10.0 Å². The maximum atomic E-state index is 12.3. The molecule has 1 aromatic carbocycles. The summed E-state index contributed by atoms with van der Waals surface area (Å²) in [6, 6.07) is 2.59. The monoisotopic (exact) mass is 313 g/mol. The summed E-state index contributed by atoms with van der Waals surface area (Å²) < 4.78 is 27.2. The normalized spacial score (nSPS) is 16.5. The van der Waals surface area contributed by atoms with Crippen LogP contribution in [0.3, 0.4) is 0 Å². The van der Waals surface area contributed by atoms with Crippen molar-refractivity contribution in [3.63, 3.8) is 0 Å². The summed E-state index contributed by atoms with van der Waals surface area (Å²) in [6.45, 7) is 3.99. The van der Waals surface area contributed by atoms with Crippen LogP contribution in [-0.2, 0) is 10.0 Å². The number of hydrogen-bond acceptors (Lipinski definition) is 5. The van der Waals surface area contributed by atoms with Gasteiger partial charge in [-0.15, -0.1) is 0 Å². The first-order valence-electron chi connectivity index (χ1n) is 6.65. The molecule has 0 aliphatic heterocycles. The molecule has 21 heavy (non-hydrogen) atoms. The van der Waals surface area contributed by atoms with Crippen molar-refractivity contribution in [2.24, 2.45) is 5.41 Å². The Kier molecular flexibility index (Phi) is 3.94. The molecular formula is C13H19N3O4S. The molecule has 0 bridgehead atoms. The van der Waals surface area contributed by atoms with Gasteiger partial charge in [-0.05, 0) is 36.8 Å². The van der Waals surface area contributed by atoms with Gasteiger partial charge in [0.15, 0.2) is 0 Å².